The maximum Gasteiger partial charge on any atom is 0.191 e. The summed E-state index contributed by atoms with van der Waals surface area (Å²) in [6, 6.07) is 10.8. The van der Waals surface area contributed by atoms with Gasteiger partial charge in [0, 0.05) is 31.1 Å². The molecule has 2 heterocycles. The summed E-state index contributed by atoms with van der Waals surface area (Å²) in [5, 5.41) is 8.03. The zero-order chi connectivity index (χ0) is 19.8. The Kier molecular flexibility index (Phi) is 7.86. The van der Waals surface area contributed by atoms with Crippen molar-refractivity contribution in [2.75, 3.05) is 32.7 Å². The summed E-state index contributed by atoms with van der Waals surface area (Å²) < 4.78 is 0. The van der Waals surface area contributed by atoms with Gasteiger partial charge in [-0.15, -0.1) is 11.3 Å². The second-order valence-corrected chi connectivity index (χ2v) is 8.80. The van der Waals surface area contributed by atoms with Crippen LogP contribution in [0.15, 0.2) is 35.3 Å². The van der Waals surface area contributed by atoms with Gasteiger partial charge >= 0.3 is 0 Å². The molecule has 1 aromatic heterocycles. The van der Waals surface area contributed by atoms with Gasteiger partial charge in [0.25, 0.3) is 0 Å². The van der Waals surface area contributed by atoms with E-state index < -0.39 is 0 Å². The summed E-state index contributed by atoms with van der Waals surface area (Å²) in [5.74, 6) is 1.60. The molecule has 5 nitrogen and oxygen atoms in total. The molecular weight excluding hydrogens is 366 g/mol. The van der Waals surface area contributed by atoms with Gasteiger partial charge in [-0.3, -0.25) is 0 Å². The molecule has 0 radical (unpaired) electrons. The van der Waals surface area contributed by atoms with Crippen LogP contribution in [0.2, 0.25) is 0 Å². The van der Waals surface area contributed by atoms with E-state index in [1.54, 1.807) is 11.3 Å². The molecule has 0 aliphatic carbocycles. The molecule has 2 N–H and O–H groups in total. The standard InChI is InChI=1S/C22H33N5S/c1-4-23-22(25-15-21-17(2)26-18(3)28-21)24-14-20-11-13-27(16-20)12-10-19-8-6-5-7-9-19/h5-9,20H,4,10-16H2,1-3H3,(H2,23,24,25). The number of rotatable bonds is 8. The van der Waals surface area contributed by atoms with Crippen LogP contribution in [0.4, 0.5) is 0 Å². The summed E-state index contributed by atoms with van der Waals surface area (Å²) in [6.07, 6.45) is 2.40. The van der Waals surface area contributed by atoms with E-state index in [0.29, 0.717) is 12.5 Å². The fourth-order valence-corrected chi connectivity index (χ4v) is 4.53. The first-order valence-corrected chi connectivity index (χ1v) is 11.2. The van der Waals surface area contributed by atoms with Crippen LogP contribution >= 0.6 is 11.3 Å². The molecule has 1 unspecified atom stereocenters. The number of hydrogen-bond acceptors (Lipinski definition) is 4. The topological polar surface area (TPSA) is 52.6 Å². The van der Waals surface area contributed by atoms with Crippen LogP contribution in [-0.4, -0.2) is 48.6 Å². The number of aromatic nitrogens is 1. The Hall–Kier alpha value is -1.92. The van der Waals surface area contributed by atoms with Gasteiger partial charge in [-0.1, -0.05) is 30.3 Å². The molecule has 152 valence electrons. The van der Waals surface area contributed by atoms with Crippen LogP contribution < -0.4 is 10.6 Å². The Bertz CT molecular complexity index is 756. The lowest BCUT2D eigenvalue weighted by Crippen LogP contribution is -2.40. The molecule has 28 heavy (non-hydrogen) atoms. The van der Waals surface area contributed by atoms with Crippen molar-refractivity contribution in [3.63, 3.8) is 0 Å². The van der Waals surface area contributed by atoms with Gasteiger partial charge < -0.3 is 15.5 Å². The summed E-state index contributed by atoms with van der Waals surface area (Å²) >= 11 is 1.74. The third kappa shape index (κ3) is 6.31. The fraction of sp³-hybridized carbons (Fsp3) is 0.545. The van der Waals surface area contributed by atoms with E-state index in [1.807, 2.05) is 0 Å². The van der Waals surface area contributed by atoms with Crippen LogP contribution in [0.25, 0.3) is 0 Å². The molecular formula is C22H33N5S. The molecule has 1 atom stereocenters. The van der Waals surface area contributed by atoms with Gasteiger partial charge in [0.1, 0.15) is 0 Å². The Morgan fingerprint density at radius 3 is 2.79 bits per heavy atom. The molecule has 0 amide bonds. The number of hydrogen-bond donors (Lipinski definition) is 2. The van der Waals surface area contributed by atoms with Gasteiger partial charge in [0.2, 0.25) is 0 Å². The second-order valence-electron chi connectivity index (χ2n) is 7.51. The van der Waals surface area contributed by atoms with Gasteiger partial charge in [0.05, 0.1) is 17.2 Å². The first-order valence-electron chi connectivity index (χ1n) is 10.4. The average Bonchev–Trinajstić information content (AvgIpc) is 3.28. The van der Waals surface area contributed by atoms with E-state index in [-0.39, 0.29) is 0 Å². The summed E-state index contributed by atoms with van der Waals surface area (Å²) in [7, 11) is 0. The van der Waals surface area contributed by atoms with Crippen LogP contribution in [0.3, 0.4) is 0 Å². The quantitative estimate of drug-likeness (QED) is 0.528. The van der Waals surface area contributed by atoms with E-state index in [2.05, 4.69) is 71.6 Å². The van der Waals surface area contributed by atoms with Crippen molar-refractivity contribution in [3.8, 4) is 0 Å². The molecule has 1 aliphatic rings. The number of nitrogens with one attached hydrogen (secondary N) is 2. The van der Waals surface area contributed by atoms with Crippen molar-refractivity contribution in [1.29, 1.82) is 0 Å². The van der Waals surface area contributed by atoms with Crippen LogP contribution in [0, 0.1) is 19.8 Å². The first-order chi connectivity index (χ1) is 13.6. The highest BCUT2D eigenvalue weighted by Crippen LogP contribution is 2.18. The predicted molar refractivity (Wildman–Crippen MR) is 119 cm³/mol. The van der Waals surface area contributed by atoms with Gasteiger partial charge in [-0.05, 0) is 51.6 Å². The summed E-state index contributed by atoms with van der Waals surface area (Å²) in [5.41, 5.74) is 2.53. The van der Waals surface area contributed by atoms with Crippen molar-refractivity contribution in [1.82, 2.24) is 20.5 Å². The van der Waals surface area contributed by atoms with E-state index in [1.165, 1.54) is 30.0 Å². The zero-order valence-corrected chi connectivity index (χ0v) is 18.2. The molecule has 3 rings (SSSR count). The second kappa shape index (κ2) is 10.6. The number of thiazole rings is 1. The van der Waals surface area contributed by atoms with E-state index in [0.717, 1.165) is 42.7 Å². The SMILES string of the molecule is CCNC(=NCc1sc(C)nc1C)NCC1CCN(CCc2ccccc2)C1. The van der Waals surface area contributed by atoms with Crippen LogP contribution in [-0.2, 0) is 13.0 Å². The number of benzene rings is 1. The van der Waals surface area contributed by atoms with Gasteiger partial charge in [-0.2, -0.15) is 0 Å². The third-order valence-electron chi connectivity index (χ3n) is 5.21. The Labute approximate surface area is 173 Å². The average molecular weight is 400 g/mol. The van der Waals surface area contributed by atoms with E-state index in [4.69, 9.17) is 4.99 Å². The highest BCUT2D eigenvalue weighted by Gasteiger charge is 2.22. The molecule has 0 bridgehead atoms. The summed E-state index contributed by atoms with van der Waals surface area (Å²) in [6.45, 7) is 12.3. The Balaban J connectivity index is 1.43. The van der Waals surface area contributed by atoms with Crippen LogP contribution in [0.5, 0.6) is 0 Å². The maximum atomic E-state index is 4.77. The minimum Gasteiger partial charge on any atom is -0.357 e. The first kappa shape index (κ1) is 20.8. The number of nitrogens with zero attached hydrogens (tertiary/aromatic N) is 3. The highest BCUT2D eigenvalue weighted by atomic mass is 32.1. The minimum absolute atomic E-state index is 0.687. The smallest absolute Gasteiger partial charge is 0.191 e. The predicted octanol–water partition coefficient (Wildman–Crippen LogP) is 3.38. The number of likely N-dealkylation sites (tertiary alicyclic amines) is 1. The van der Waals surface area contributed by atoms with Crippen molar-refractivity contribution < 1.29 is 0 Å². The molecule has 0 saturated carbocycles. The van der Waals surface area contributed by atoms with Gasteiger partial charge in [-0.25, -0.2) is 9.98 Å². The molecule has 1 fully saturated rings. The molecule has 1 aliphatic heterocycles. The Morgan fingerprint density at radius 2 is 2.07 bits per heavy atom. The van der Waals surface area contributed by atoms with Crippen molar-refractivity contribution in [2.24, 2.45) is 10.9 Å². The number of aryl methyl sites for hydroxylation is 2. The highest BCUT2D eigenvalue weighted by molar-refractivity contribution is 7.11. The third-order valence-corrected chi connectivity index (χ3v) is 6.27. The van der Waals surface area contributed by atoms with Crippen LogP contribution in [0.1, 0.15) is 34.5 Å². The molecule has 0 spiro atoms. The van der Waals surface area contributed by atoms with Gasteiger partial charge in [0.15, 0.2) is 5.96 Å². The fourth-order valence-electron chi connectivity index (χ4n) is 3.67. The molecule has 2 aromatic rings. The minimum atomic E-state index is 0.687. The largest absolute Gasteiger partial charge is 0.357 e. The maximum absolute atomic E-state index is 4.77. The lowest BCUT2D eigenvalue weighted by Gasteiger charge is -2.17. The monoisotopic (exact) mass is 399 g/mol. The zero-order valence-electron chi connectivity index (χ0n) is 17.4. The molecule has 6 heteroatoms. The van der Waals surface area contributed by atoms with E-state index in [9.17, 15) is 0 Å². The summed E-state index contributed by atoms with van der Waals surface area (Å²) in [4.78, 5) is 13.1. The van der Waals surface area contributed by atoms with Crippen molar-refractivity contribution >= 4 is 17.3 Å². The Morgan fingerprint density at radius 1 is 1.25 bits per heavy atom. The molecule has 1 aromatic carbocycles. The van der Waals surface area contributed by atoms with E-state index >= 15 is 0 Å². The lowest BCUT2D eigenvalue weighted by atomic mass is 10.1. The number of aliphatic imine (C=N–C) groups is 1. The van der Waals surface area contributed by atoms with Crippen molar-refractivity contribution in [2.45, 2.75) is 40.2 Å². The normalized spacial score (nSPS) is 17.8. The lowest BCUT2D eigenvalue weighted by molar-refractivity contribution is 0.328. The number of guanidine groups is 1. The van der Waals surface area contributed by atoms with Crippen molar-refractivity contribution in [3.05, 3.63) is 51.5 Å². The molecule has 1 saturated heterocycles.